The van der Waals surface area contributed by atoms with Gasteiger partial charge in [0.2, 0.25) is 10.0 Å². The van der Waals surface area contributed by atoms with Crippen LogP contribution in [0.5, 0.6) is 0 Å². The normalized spacial score (nSPS) is 12.5. The van der Waals surface area contributed by atoms with Gasteiger partial charge in [-0.15, -0.1) is 0 Å². The molecule has 10 heteroatoms. The maximum atomic E-state index is 13.0. The molecule has 0 saturated heterocycles. The maximum absolute atomic E-state index is 13.0. The zero-order chi connectivity index (χ0) is 19.4. The van der Waals surface area contributed by atoms with E-state index in [1.165, 1.54) is 19.5 Å². The van der Waals surface area contributed by atoms with Crippen LogP contribution in [-0.4, -0.2) is 38.0 Å². The van der Waals surface area contributed by atoms with E-state index in [1.54, 1.807) is 12.1 Å². The van der Waals surface area contributed by atoms with E-state index in [4.69, 9.17) is 16.3 Å². The van der Waals surface area contributed by atoms with E-state index in [0.29, 0.717) is 11.6 Å². The monoisotopic (exact) mass is 408 g/mol. The molecule has 1 aromatic heterocycles. The van der Waals surface area contributed by atoms with Crippen LogP contribution in [0.4, 0.5) is 13.2 Å². The minimum Gasteiger partial charge on any atom is -0.383 e. The third kappa shape index (κ3) is 4.94. The van der Waals surface area contributed by atoms with Gasteiger partial charge in [0.1, 0.15) is 0 Å². The van der Waals surface area contributed by atoms with Gasteiger partial charge in [-0.05, 0) is 29.8 Å². The standard InChI is InChI=1S/C16H16ClF3N2O3S/c1-25-8-7-22(11-12-3-2-6-21-10-12)26(23,24)13-4-5-15(17)14(9-13)16(18,19)20/h2-6,9-10H,7-8,11H2,1H3. The first-order valence-corrected chi connectivity index (χ1v) is 9.23. The average Bonchev–Trinajstić information content (AvgIpc) is 2.58. The van der Waals surface area contributed by atoms with E-state index in [9.17, 15) is 21.6 Å². The summed E-state index contributed by atoms with van der Waals surface area (Å²) in [5.41, 5.74) is -0.606. The van der Waals surface area contributed by atoms with Crippen molar-refractivity contribution in [3.63, 3.8) is 0 Å². The Morgan fingerprint density at radius 2 is 2.00 bits per heavy atom. The Hall–Kier alpha value is -1.68. The molecule has 1 aromatic carbocycles. The van der Waals surface area contributed by atoms with Gasteiger partial charge >= 0.3 is 6.18 Å². The van der Waals surface area contributed by atoms with Gasteiger partial charge in [-0.3, -0.25) is 4.98 Å². The van der Waals surface area contributed by atoms with Gasteiger partial charge in [0.05, 0.1) is 22.1 Å². The van der Waals surface area contributed by atoms with Crippen molar-refractivity contribution >= 4 is 21.6 Å². The summed E-state index contributed by atoms with van der Waals surface area (Å²) in [6.45, 7) is 0.000423. The fourth-order valence-corrected chi connectivity index (χ4v) is 3.87. The van der Waals surface area contributed by atoms with Crippen LogP contribution in [0.3, 0.4) is 0 Å². The van der Waals surface area contributed by atoms with Crippen molar-refractivity contribution in [1.82, 2.24) is 9.29 Å². The van der Waals surface area contributed by atoms with Crippen LogP contribution in [0.2, 0.25) is 5.02 Å². The summed E-state index contributed by atoms with van der Waals surface area (Å²) in [5, 5.41) is -0.563. The third-order valence-corrected chi connectivity index (χ3v) is 5.68. The van der Waals surface area contributed by atoms with E-state index in [2.05, 4.69) is 4.98 Å². The van der Waals surface area contributed by atoms with E-state index in [1.807, 2.05) is 0 Å². The van der Waals surface area contributed by atoms with Crippen molar-refractivity contribution in [3.05, 3.63) is 58.9 Å². The summed E-state index contributed by atoms with van der Waals surface area (Å²) in [4.78, 5) is 3.42. The van der Waals surface area contributed by atoms with Crippen molar-refractivity contribution in [2.45, 2.75) is 17.6 Å². The molecule has 5 nitrogen and oxygen atoms in total. The molecule has 0 aliphatic carbocycles. The number of rotatable bonds is 7. The van der Waals surface area contributed by atoms with Crippen LogP contribution in [0.25, 0.3) is 0 Å². The molecule has 0 saturated carbocycles. The van der Waals surface area contributed by atoms with Crippen molar-refractivity contribution in [2.75, 3.05) is 20.3 Å². The number of alkyl halides is 3. The number of methoxy groups -OCH3 is 1. The number of halogens is 4. The summed E-state index contributed by atoms with van der Waals surface area (Å²) < 4.78 is 70.8. The Kier molecular flexibility index (Phi) is 6.62. The van der Waals surface area contributed by atoms with Gasteiger partial charge in [0.25, 0.3) is 0 Å². The Labute approximate surface area is 154 Å². The lowest BCUT2D eigenvalue weighted by molar-refractivity contribution is -0.137. The minimum absolute atomic E-state index is 0.0301. The number of ether oxygens (including phenoxy) is 1. The van der Waals surface area contributed by atoms with E-state index in [0.717, 1.165) is 16.4 Å². The molecule has 1 heterocycles. The highest BCUT2D eigenvalue weighted by molar-refractivity contribution is 7.89. The van der Waals surface area contributed by atoms with Gasteiger partial charge in [0, 0.05) is 32.6 Å². The fourth-order valence-electron chi connectivity index (χ4n) is 2.20. The molecule has 0 spiro atoms. The summed E-state index contributed by atoms with van der Waals surface area (Å²) in [6.07, 6.45) is -1.74. The van der Waals surface area contributed by atoms with Gasteiger partial charge in [-0.2, -0.15) is 17.5 Å². The van der Waals surface area contributed by atoms with E-state index >= 15 is 0 Å². The van der Waals surface area contributed by atoms with Crippen LogP contribution in [-0.2, 0) is 27.5 Å². The number of hydrogen-bond acceptors (Lipinski definition) is 4. The number of sulfonamides is 1. The zero-order valence-electron chi connectivity index (χ0n) is 13.7. The van der Waals surface area contributed by atoms with Gasteiger partial charge in [-0.1, -0.05) is 17.7 Å². The second-order valence-electron chi connectivity index (χ2n) is 5.33. The van der Waals surface area contributed by atoms with Gasteiger partial charge in [-0.25, -0.2) is 8.42 Å². The smallest absolute Gasteiger partial charge is 0.383 e. The quantitative estimate of drug-likeness (QED) is 0.702. The molecule has 2 aromatic rings. The molecule has 26 heavy (non-hydrogen) atoms. The number of aromatic nitrogens is 1. The third-order valence-electron chi connectivity index (χ3n) is 3.51. The SMILES string of the molecule is COCCN(Cc1cccnc1)S(=O)(=O)c1ccc(Cl)c(C(F)(F)F)c1. The molecule has 0 amide bonds. The molecule has 0 fully saturated rings. The number of benzene rings is 1. The van der Waals surface area contributed by atoms with Crippen LogP contribution in [0.1, 0.15) is 11.1 Å². The van der Waals surface area contributed by atoms with Crippen molar-refractivity contribution < 1.29 is 26.3 Å². The predicted octanol–water partition coefficient (Wildman–Crippen LogP) is 3.59. The maximum Gasteiger partial charge on any atom is 0.417 e. The molecule has 0 radical (unpaired) electrons. The number of hydrogen-bond donors (Lipinski definition) is 0. The zero-order valence-corrected chi connectivity index (χ0v) is 15.3. The summed E-state index contributed by atoms with van der Waals surface area (Å²) in [7, 11) is -2.80. The molecule has 0 unspecified atom stereocenters. The van der Waals surface area contributed by atoms with E-state index < -0.39 is 31.7 Å². The predicted molar refractivity (Wildman–Crippen MR) is 90.2 cm³/mol. The topological polar surface area (TPSA) is 59.5 Å². The summed E-state index contributed by atoms with van der Waals surface area (Å²) >= 11 is 5.57. The van der Waals surface area contributed by atoms with Crippen LogP contribution < -0.4 is 0 Å². The molecule has 2 rings (SSSR count). The lowest BCUT2D eigenvalue weighted by Crippen LogP contribution is -2.33. The molecule has 0 bridgehead atoms. The molecule has 0 N–H and O–H groups in total. The number of pyridine rings is 1. The first-order chi connectivity index (χ1) is 12.2. The highest BCUT2D eigenvalue weighted by Crippen LogP contribution is 2.36. The second-order valence-corrected chi connectivity index (χ2v) is 7.68. The van der Waals surface area contributed by atoms with E-state index in [-0.39, 0.29) is 19.7 Å². The Balaban J connectivity index is 2.43. The van der Waals surface area contributed by atoms with Gasteiger partial charge in [0.15, 0.2) is 0 Å². The van der Waals surface area contributed by atoms with Crippen molar-refractivity contribution in [2.24, 2.45) is 0 Å². The highest BCUT2D eigenvalue weighted by Gasteiger charge is 2.35. The number of nitrogens with zero attached hydrogens (tertiary/aromatic N) is 2. The van der Waals surface area contributed by atoms with Crippen LogP contribution in [0.15, 0.2) is 47.6 Å². The molecular formula is C16H16ClF3N2O3S. The highest BCUT2D eigenvalue weighted by atomic mass is 35.5. The molecule has 0 aliphatic heterocycles. The first kappa shape index (κ1) is 20.6. The summed E-state index contributed by atoms with van der Waals surface area (Å²) in [6, 6.07) is 5.83. The van der Waals surface area contributed by atoms with Crippen molar-refractivity contribution in [1.29, 1.82) is 0 Å². The Morgan fingerprint density at radius 3 is 2.58 bits per heavy atom. The van der Waals surface area contributed by atoms with Crippen LogP contribution >= 0.6 is 11.6 Å². The molecule has 0 aliphatic rings. The lowest BCUT2D eigenvalue weighted by Gasteiger charge is -2.22. The second kappa shape index (κ2) is 8.34. The Morgan fingerprint density at radius 1 is 1.27 bits per heavy atom. The van der Waals surface area contributed by atoms with Gasteiger partial charge < -0.3 is 4.74 Å². The lowest BCUT2D eigenvalue weighted by atomic mass is 10.2. The summed E-state index contributed by atoms with van der Waals surface area (Å²) in [5.74, 6) is 0. The molecule has 142 valence electrons. The Bertz CT molecular complexity index is 846. The fraction of sp³-hybridized carbons (Fsp3) is 0.312. The first-order valence-electron chi connectivity index (χ1n) is 7.41. The molecular weight excluding hydrogens is 393 g/mol. The van der Waals surface area contributed by atoms with Crippen LogP contribution in [0, 0.1) is 0 Å². The molecule has 0 atom stereocenters. The van der Waals surface area contributed by atoms with Crippen molar-refractivity contribution in [3.8, 4) is 0 Å². The largest absolute Gasteiger partial charge is 0.417 e. The average molecular weight is 409 g/mol. The minimum atomic E-state index is -4.76.